The Morgan fingerprint density at radius 2 is 1.81 bits per heavy atom. The normalized spacial score (nSPS) is 10.5. The zero-order valence-corrected chi connectivity index (χ0v) is 12.0. The van der Waals surface area contributed by atoms with Gasteiger partial charge in [0, 0.05) is 23.7 Å². The number of rotatable bonds is 6. The van der Waals surface area contributed by atoms with E-state index in [-0.39, 0.29) is 0 Å². The van der Waals surface area contributed by atoms with Gasteiger partial charge in [-0.15, -0.1) is 10.2 Å². The molecule has 0 aliphatic carbocycles. The van der Waals surface area contributed by atoms with Crippen LogP contribution in [-0.4, -0.2) is 27.5 Å². The fourth-order valence-electron chi connectivity index (χ4n) is 1.68. The largest absolute Gasteiger partial charge is 0.493 e. The first-order chi connectivity index (χ1) is 10.4. The van der Waals surface area contributed by atoms with Gasteiger partial charge in [0.1, 0.15) is 5.75 Å². The topological polar surface area (TPSA) is 61.0 Å². The lowest BCUT2D eigenvalue weighted by atomic mass is 10.3. The summed E-state index contributed by atoms with van der Waals surface area (Å²) in [5.41, 5.74) is 0.866. The molecule has 21 heavy (non-hydrogen) atoms. The Morgan fingerprint density at radius 3 is 2.62 bits per heavy atom. The molecule has 0 fully saturated rings. The summed E-state index contributed by atoms with van der Waals surface area (Å²) >= 11 is 1.47. The molecular formula is C15H13N3O2S. The highest BCUT2D eigenvalue weighted by Gasteiger charge is 2.08. The molecule has 2 aromatic heterocycles. The summed E-state index contributed by atoms with van der Waals surface area (Å²) in [5, 5.41) is 8.56. The first-order valence-corrected chi connectivity index (χ1v) is 7.45. The number of hydrogen-bond acceptors (Lipinski definition) is 6. The molecule has 0 spiro atoms. The molecule has 0 amide bonds. The van der Waals surface area contributed by atoms with E-state index in [9.17, 15) is 0 Å². The van der Waals surface area contributed by atoms with Crippen LogP contribution in [0, 0.1) is 0 Å². The molecule has 0 N–H and O–H groups in total. The molecule has 1 aromatic carbocycles. The Hall–Kier alpha value is -2.34. The fourth-order valence-corrected chi connectivity index (χ4v) is 2.26. The smallest absolute Gasteiger partial charge is 0.276 e. The van der Waals surface area contributed by atoms with Gasteiger partial charge in [0.25, 0.3) is 5.22 Å². The second-order valence-electron chi connectivity index (χ2n) is 4.12. The highest BCUT2D eigenvalue weighted by atomic mass is 32.2. The van der Waals surface area contributed by atoms with Crippen molar-refractivity contribution in [2.75, 3.05) is 12.4 Å². The van der Waals surface area contributed by atoms with E-state index in [1.54, 1.807) is 12.4 Å². The average Bonchev–Trinajstić information content (AvgIpc) is 3.02. The van der Waals surface area contributed by atoms with Crippen LogP contribution in [0.5, 0.6) is 5.75 Å². The van der Waals surface area contributed by atoms with Crippen molar-refractivity contribution in [3.63, 3.8) is 0 Å². The molecule has 2 heterocycles. The van der Waals surface area contributed by atoms with Crippen molar-refractivity contribution >= 4 is 11.8 Å². The first-order valence-electron chi connectivity index (χ1n) is 6.46. The van der Waals surface area contributed by atoms with Crippen LogP contribution in [0.15, 0.2) is 64.5 Å². The maximum Gasteiger partial charge on any atom is 0.276 e. The molecule has 0 saturated carbocycles. The van der Waals surface area contributed by atoms with Gasteiger partial charge in [-0.25, -0.2) is 0 Å². The third-order valence-electron chi connectivity index (χ3n) is 2.65. The number of aromatic nitrogens is 3. The number of ether oxygens (including phenoxy) is 1. The lowest BCUT2D eigenvalue weighted by Gasteiger charge is -2.03. The van der Waals surface area contributed by atoms with Crippen molar-refractivity contribution in [1.82, 2.24) is 15.2 Å². The van der Waals surface area contributed by atoms with Crippen LogP contribution >= 0.6 is 11.8 Å². The van der Waals surface area contributed by atoms with Crippen LogP contribution in [0.3, 0.4) is 0 Å². The van der Waals surface area contributed by atoms with E-state index in [1.807, 2.05) is 42.5 Å². The number of benzene rings is 1. The van der Waals surface area contributed by atoms with E-state index in [0.29, 0.717) is 17.7 Å². The van der Waals surface area contributed by atoms with E-state index in [0.717, 1.165) is 17.1 Å². The van der Waals surface area contributed by atoms with Crippen LogP contribution in [0.4, 0.5) is 0 Å². The summed E-state index contributed by atoms with van der Waals surface area (Å²) in [5.74, 6) is 2.11. The van der Waals surface area contributed by atoms with Gasteiger partial charge in [-0.1, -0.05) is 30.0 Å². The SMILES string of the molecule is c1ccc(OCCSc2nnc(-c3ccncc3)o2)cc1. The Balaban J connectivity index is 1.49. The van der Waals surface area contributed by atoms with Gasteiger partial charge in [-0.05, 0) is 24.3 Å². The molecule has 0 unspecified atom stereocenters. The van der Waals surface area contributed by atoms with Crippen molar-refractivity contribution in [3.05, 3.63) is 54.9 Å². The maximum atomic E-state index is 5.60. The highest BCUT2D eigenvalue weighted by Crippen LogP contribution is 2.22. The van der Waals surface area contributed by atoms with Gasteiger partial charge in [0.15, 0.2) is 0 Å². The molecule has 0 bridgehead atoms. The van der Waals surface area contributed by atoms with Crippen molar-refractivity contribution in [2.45, 2.75) is 5.22 Å². The number of hydrogen-bond donors (Lipinski definition) is 0. The van der Waals surface area contributed by atoms with Crippen LogP contribution < -0.4 is 4.74 Å². The Bertz CT molecular complexity index is 674. The Kier molecular flexibility index (Phi) is 4.48. The number of nitrogens with zero attached hydrogens (tertiary/aromatic N) is 3. The number of thioether (sulfide) groups is 1. The minimum atomic E-state index is 0.504. The van der Waals surface area contributed by atoms with Crippen molar-refractivity contribution in [3.8, 4) is 17.2 Å². The predicted molar refractivity (Wildman–Crippen MR) is 80.2 cm³/mol. The van der Waals surface area contributed by atoms with Gasteiger partial charge in [-0.3, -0.25) is 4.98 Å². The van der Waals surface area contributed by atoms with Crippen LogP contribution in [0.1, 0.15) is 0 Å². The minimum absolute atomic E-state index is 0.504. The van der Waals surface area contributed by atoms with E-state index in [1.165, 1.54) is 11.8 Å². The third-order valence-corrected chi connectivity index (χ3v) is 3.44. The van der Waals surface area contributed by atoms with Gasteiger partial charge >= 0.3 is 0 Å². The second kappa shape index (κ2) is 6.90. The molecule has 0 atom stereocenters. The zero-order chi connectivity index (χ0) is 14.3. The summed E-state index contributed by atoms with van der Waals surface area (Å²) in [6.45, 7) is 0.585. The molecule has 5 nitrogen and oxygen atoms in total. The van der Waals surface area contributed by atoms with Crippen molar-refractivity contribution in [1.29, 1.82) is 0 Å². The fraction of sp³-hybridized carbons (Fsp3) is 0.133. The van der Waals surface area contributed by atoms with Crippen LogP contribution in [0.2, 0.25) is 0 Å². The molecule has 106 valence electrons. The highest BCUT2D eigenvalue weighted by molar-refractivity contribution is 7.99. The molecule has 0 radical (unpaired) electrons. The van der Waals surface area contributed by atoms with E-state index in [2.05, 4.69) is 15.2 Å². The first kappa shape index (κ1) is 13.6. The standard InChI is InChI=1S/C15H13N3O2S/c1-2-4-13(5-3-1)19-10-11-21-15-18-17-14(20-15)12-6-8-16-9-7-12/h1-9H,10-11H2. The van der Waals surface area contributed by atoms with Crippen molar-refractivity contribution < 1.29 is 9.15 Å². The molecular weight excluding hydrogens is 286 g/mol. The Labute approximate surface area is 126 Å². The van der Waals surface area contributed by atoms with Crippen LogP contribution in [-0.2, 0) is 0 Å². The molecule has 3 aromatic rings. The summed E-state index contributed by atoms with van der Waals surface area (Å²) in [4.78, 5) is 3.96. The summed E-state index contributed by atoms with van der Waals surface area (Å²) < 4.78 is 11.2. The molecule has 6 heteroatoms. The number of pyridine rings is 1. The van der Waals surface area contributed by atoms with E-state index < -0.39 is 0 Å². The molecule has 0 aliphatic rings. The minimum Gasteiger partial charge on any atom is -0.493 e. The van der Waals surface area contributed by atoms with Gasteiger partial charge in [0.05, 0.1) is 6.61 Å². The quantitative estimate of drug-likeness (QED) is 0.514. The van der Waals surface area contributed by atoms with Gasteiger partial charge in [0.2, 0.25) is 5.89 Å². The maximum absolute atomic E-state index is 5.60. The average molecular weight is 299 g/mol. The van der Waals surface area contributed by atoms with E-state index in [4.69, 9.17) is 9.15 Å². The number of para-hydroxylation sites is 1. The second-order valence-corrected chi connectivity index (χ2v) is 5.17. The molecule has 0 saturated heterocycles. The molecule has 3 rings (SSSR count). The molecule has 0 aliphatic heterocycles. The third kappa shape index (κ3) is 3.82. The summed E-state index contributed by atoms with van der Waals surface area (Å²) in [6.07, 6.45) is 3.39. The van der Waals surface area contributed by atoms with E-state index >= 15 is 0 Å². The summed E-state index contributed by atoms with van der Waals surface area (Å²) in [6, 6.07) is 13.4. The monoisotopic (exact) mass is 299 g/mol. The zero-order valence-electron chi connectivity index (χ0n) is 11.2. The predicted octanol–water partition coefficient (Wildman–Crippen LogP) is 3.30. The van der Waals surface area contributed by atoms with Crippen molar-refractivity contribution in [2.24, 2.45) is 0 Å². The lowest BCUT2D eigenvalue weighted by Crippen LogP contribution is -1.99. The van der Waals surface area contributed by atoms with Gasteiger partial charge in [-0.2, -0.15) is 0 Å². The van der Waals surface area contributed by atoms with Gasteiger partial charge < -0.3 is 9.15 Å². The van der Waals surface area contributed by atoms with Crippen LogP contribution in [0.25, 0.3) is 11.5 Å². The lowest BCUT2D eigenvalue weighted by molar-refractivity contribution is 0.343. The Morgan fingerprint density at radius 1 is 1.00 bits per heavy atom. The summed E-state index contributed by atoms with van der Waals surface area (Å²) in [7, 11) is 0.